The second-order valence-corrected chi connectivity index (χ2v) is 6.87. The van der Waals surface area contributed by atoms with E-state index < -0.39 is 66.7 Å². The summed E-state index contributed by atoms with van der Waals surface area (Å²) < 4.78 is 0. The Labute approximate surface area is 172 Å². The number of primary amides is 2. The molecule has 13 heteroatoms. The third-order valence-corrected chi connectivity index (χ3v) is 4.48. The summed E-state index contributed by atoms with van der Waals surface area (Å²) in [4.78, 5) is 71.5. The van der Waals surface area contributed by atoms with Gasteiger partial charge >= 0.3 is 0 Å². The van der Waals surface area contributed by atoms with Gasteiger partial charge in [0.05, 0.1) is 13.2 Å². The number of nitrogens with zero attached hydrogens (tertiary/aromatic N) is 1. The normalized spacial score (nSPS) is 17.5. The lowest BCUT2D eigenvalue weighted by Crippen LogP contribution is -2.55. The predicted octanol–water partition coefficient (Wildman–Crippen LogP) is -4.17. The maximum absolute atomic E-state index is 12.5. The highest BCUT2D eigenvalue weighted by atomic mass is 16.3. The minimum Gasteiger partial charge on any atom is -0.394 e. The van der Waals surface area contributed by atoms with E-state index in [1.165, 1.54) is 11.8 Å². The summed E-state index contributed by atoms with van der Waals surface area (Å²) in [5.41, 5.74) is 10.2. The lowest BCUT2D eigenvalue weighted by Gasteiger charge is -2.27. The molecule has 168 valence electrons. The van der Waals surface area contributed by atoms with Crippen molar-refractivity contribution in [3.63, 3.8) is 0 Å². The maximum atomic E-state index is 12.5. The fraction of sp³-hybridized carbons (Fsp3) is 0.647. The van der Waals surface area contributed by atoms with E-state index in [1.54, 1.807) is 0 Å². The molecule has 3 atom stereocenters. The van der Waals surface area contributed by atoms with E-state index >= 15 is 0 Å². The molecule has 0 saturated carbocycles. The van der Waals surface area contributed by atoms with Gasteiger partial charge in [0.1, 0.15) is 18.1 Å². The van der Waals surface area contributed by atoms with Crippen molar-refractivity contribution >= 4 is 35.4 Å². The summed E-state index contributed by atoms with van der Waals surface area (Å²) >= 11 is 0. The van der Waals surface area contributed by atoms with Crippen LogP contribution < -0.4 is 27.4 Å². The van der Waals surface area contributed by atoms with E-state index in [0.29, 0.717) is 12.8 Å². The molecule has 1 saturated heterocycles. The number of rotatable bonds is 11. The van der Waals surface area contributed by atoms with E-state index in [-0.39, 0.29) is 19.4 Å². The first kappa shape index (κ1) is 24.8. The van der Waals surface area contributed by atoms with Gasteiger partial charge in [0, 0.05) is 19.9 Å². The first-order chi connectivity index (χ1) is 14.1. The first-order valence-corrected chi connectivity index (χ1v) is 9.40. The summed E-state index contributed by atoms with van der Waals surface area (Å²) in [6.07, 6.45) is 0.658. The van der Waals surface area contributed by atoms with Crippen molar-refractivity contribution in [2.24, 2.45) is 11.5 Å². The van der Waals surface area contributed by atoms with Gasteiger partial charge in [-0.15, -0.1) is 0 Å². The molecule has 1 aliphatic rings. The largest absolute Gasteiger partial charge is 0.394 e. The van der Waals surface area contributed by atoms with Gasteiger partial charge in [0.15, 0.2) is 0 Å². The first-order valence-electron chi connectivity index (χ1n) is 9.40. The standard InChI is InChI=1S/C17H28N6O7/c1-9(25)21-11(8-24)17(30)23-6-2-3-12(23)16(29)20-7-14(27)22-10(15(19)28)4-5-13(18)26/h10-12,24H,2-8H2,1H3,(H2,18,26)(H2,19,28)(H,20,29)(H,21,25)(H,22,27)/t10-,11-,12-/m0/s1. The molecule has 0 aliphatic carbocycles. The Morgan fingerprint density at radius 3 is 2.30 bits per heavy atom. The van der Waals surface area contributed by atoms with Crippen molar-refractivity contribution in [3.8, 4) is 0 Å². The van der Waals surface area contributed by atoms with Gasteiger partial charge < -0.3 is 37.4 Å². The van der Waals surface area contributed by atoms with Crippen LogP contribution in [0.15, 0.2) is 0 Å². The Morgan fingerprint density at radius 1 is 1.10 bits per heavy atom. The van der Waals surface area contributed by atoms with Crippen LogP contribution in [-0.2, 0) is 28.8 Å². The van der Waals surface area contributed by atoms with Crippen molar-refractivity contribution in [2.45, 2.75) is 50.7 Å². The highest BCUT2D eigenvalue weighted by Crippen LogP contribution is 2.18. The number of likely N-dealkylation sites (tertiary alicyclic amines) is 1. The smallest absolute Gasteiger partial charge is 0.248 e. The van der Waals surface area contributed by atoms with Gasteiger partial charge in [-0.25, -0.2) is 0 Å². The number of hydrogen-bond acceptors (Lipinski definition) is 7. The fourth-order valence-corrected chi connectivity index (χ4v) is 3.04. The fourth-order valence-electron chi connectivity index (χ4n) is 3.04. The van der Waals surface area contributed by atoms with Crippen LogP contribution in [0.5, 0.6) is 0 Å². The molecular weight excluding hydrogens is 400 g/mol. The van der Waals surface area contributed by atoms with Gasteiger partial charge in [0.25, 0.3) is 0 Å². The second-order valence-electron chi connectivity index (χ2n) is 6.87. The van der Waals surface area contributed by atoms with Crippen molar-refractivity contribution in [1.29, 1.82) is 0 Å². The van der Waals surface area contributed by atoms with E-state index in [0.717, 1.165) is 0 Å². The zero-order valence-electron chi connectivity index (χ0n) is 16.7. The SMILES string of the molecule is CC(=O)N[C@@H](CO)C(=O)N1CCC[C@H]1C(=O)NCC(=O)N[C@@H](CCC(N)=O)C(N)=O. The number of aliphatic hydroxyl groups is 1. The summed E-state index contributed by atoms with van der Waals surface area (Å²) in [7, 11) is 0. The molecule has 0 aromatic rings. The molecule has 30 heavy (non-hydrogen) atoms. The van der Waals surface area contributed by atoms with Crippen molar-refractivity contribution in [1.82, 2.24) is 20.9 Å². The van der Waals surface area contributed by atoms with Crippen molar-refractivity contribution < 1.29 is 33.9 Å². The Morgan fingerprint density at radius 2 is 1.77 bits per heavy atom. The van der Waals surface area contributed by atoms with Gasteiger partial charge in [-0.1, -0.05) is 0 Å². The number of nitrogens with one attached hydrogen (secondary N) is 3. The Bertz CT molecular complexity index is 698. The minimum atomic E-state index is -1.17. The average molecular weight is 428 g/mol. The van der Waals surface area contributed by atoms with Crippen LogP contribution in [0.4, 0.5) is 0 Å². The molecule has 0 unspecified atom stereocenters. The number of aliphatic hydroxyl groups excluding tert-OH is 1. The topological polar surface area (TPSA) is 214 Å². The molecule has 1 fully saturated rings. The number of carbonyl (C=O) groups excluding carboxylic acids is 6. The molecule has 1 heterocycles. The average Bonchev–Trinajstić information content (AvgIpc) is 3.16. The van der Waals surface area contributed by atoms with Crippen molar-refractivity contribution in [3.05, 3.63) is 0 Å². The number of nitrogens with two attached hydrogens (primary N) is 2. The summed E-state index contributed by atoms with van der Waals surface area (Å²) in [5.74, 6) is -3.91. The zero-order chi connectivity index (χ0) is 22.8. The molecule has 13 nitrogen and oxygen atoms in total. The molecule has 0 aromatic heterocycles. The second kappa shape index (κ2) is 11.7. The van der Waals surface area contributed by atoms with E-state index in [9.17, 15) is 33.9 Å². The summed E-state index contributed by atoms with van der Waals surface area (Å²) in [6, 6.07) is -3.15. The highest BCUT2D eigenvalue weighted by Gasteiger charge is 2.37. The van der Waals surface area contributed by atoms with Gasteiger partial charge in [0.2, 0.25) is 35.4 Å². The molecule has 0 aromatic carbocycles. The molecule has 0 spiro atoms. The summed E-state index contributed by atoms with van der Waals surface area (Å²) in [6.45, 7) is 0.361. The lowest BCUT2D eigenvalue weighted by molar-refractivity contribution is -0.142. The Hall–Kier alpha value is -3.22. The number of carbonyl (C=O) groups is 6. The van der Waals surface area contributed by atoms with Crippen LogP contribution in [0.25, 0.3) is 0 Å². The molecule has 6 amide bonds. The van der Waals surface area contributed by atoms with Gasteiger partial charge in [-0.2, -0.15) is 0 Å². The lowest BCUT2D eigenvalue weighted by atomic mass is 10.1. The molecule has 1 aliphatic heterocycles. The maximum Gasteiger partial charge on any atom is 0.248 e. The molecular formula is C17H28N6O7. The van der Waals surface area contributed by atoms with Crippen molar-refractivity contribution in [2.75, 3.05) is 19.7 Å². The van der Waals surface area contributed by atoms with Gasteiger partial charge in [-0.3, -0.25) is 28.8 Å². The molecule has 8 N–H and O–H groups in total. The van der Waals surface area contributed by atoms with Crippen LogP contribution in [0.3, 0.4) is 0 Å². The zero-order valence-corrected chi connectivity index (χ0v) is 16.7. The van der Waals surface area contributed by atoms with Crippen LogP contribution >= 0.6 is 0 Å². The molecule has 0 bridgehead atoms. The number of amides is 6. The van der Waals surface area contributed by atoms with E-state index in [2.05, 4.69) is 16.0 Å². The minimum absolute atomic E-state index is 0.0685. The van der Waals surface area contributed by atoms with Crippen LogP contribution in [-0.4, -0.2) is 83.3 Å². The van der Waals surface area contributed by atoms with E-state index in [4.69, 9.17) is 11.5 Å². The molecule has 0 radical (unpaired) electrons. The summed E-state index contributed by atoms with van der Waals surface area (Å²) in [5, 5.41) is 16.3. The predicted molar refractivity (Wildman–Crippen MR) is 102 cm³/mol. The third-order valence-electron chi connectivity index (χ3n) is 4.48. The van der Waals surface area contributed by atoms with Crippen LogP contribution in [0, 0.1) is 0 Å². The third kappa shape index (κ3) is 7.66. The van der Waals surface area contributed by atoms with Crippen LogP contribution in [0.2, 0.25) is 0 Å². The monoisotopic (exact) mass is 428 g/mol. The van der Waals surface area contributed by atoms with E-state index in [1.807, 2.05) is 0 Å². The molecule has 1 rings (SSSR count). The quantitative estimate of drug-likeness (QED) is 0.191. The Balaban J connectivity index is 2.62. The Kier molecular flexibility index (Phi) is 9.68. The number of hydrogen-bond donors (Lipinski definition) is 6. The van der Waals surface area contributed by atoms with Crippen LogP contribution in [0.1, 0.15) is 32.6 Å². The van der Waals surface area contributed by atoms with Gasteiger partial charge in [-0.05, 0) is 19.3 Å². The highest BCUT2D eigenvalue weighted by molar-refractivity contribution is 5.94.